The second-order valence-electron chi connectivity index (χ2n) is 7.02. The summed E-state index contributed by atoms with van der Waals surface area (Å²) < 4.78 is 17.1. The maximum absolute atomic E-state index is 5.87. The molecule has 4 aromatic rings. The van der Waals surface area contributed by atoms with Crippen molar-refractivity contribution in [3.05, 3.63) is 96.7 Å². The van der Waals surface area contributed by atoms with Crippen molar-refractivity contribution in [2.75, 3.05) is 24.8 Å². The van der Waals surface area contributed by atoms with Crippen LogP contribution in [0.1, 0.15) is 5.56 Å². The van der Waals surface area contributed by atoms with E-state index in [1.54, 1.807) is 13.3 Å². The van der Waals surface area contributed by atoms with Crippen LogP contribution in [0.3, 0.4) is 0 Å². The maximum atomic E-state index is 5.87. The standard InChI is InChI=1S/C26H25N3O3/c1-27-20-10-14-24(25(16-20)30-2)32-26-15-11-21(18-29-26)28-17-19-8-12-23(13-9-19)31-22-6-4-3-5-7-22/h3-16,18,27-28H,17H2,1-2H3. The fraction of sp³-hybridized carbons (Fsp3) is 0.115. The first kappa shape index (κ1) is 21.1. The molecule has 1 heterocycles. The van der Waals surface area contributed by atoms with Crippen LogP contribution in [0.15, 0.2) is 91.1 Å². The highest BCUT2D eigenvalue weighted by Crippen LogP contribution is 2.33. The van der Waals surface area contributed by atoms with Crippen LogP contribution in [0.2, 0.25) is 0 Å². The van der Waals surface area contributed by atoms with E-state index in [0.717, 1.165) is 28.4 Å². The van der Waals surface area contributed by atoms with Gasteiger partial charge in [0, 0.05) is 31.4 Å². The number of nitrogens with zero attached hydrogens (tertiary/aromatic N) is 1. The molecule has 6 heteroatoms. The molecule has 0 amide bonds. The van der Waals surface area contributed by atoms with Gasteiger partial charge >= 0.3 is 0 Å². The molecule has 0 bridgehead atoms. The summed E-state index contributed by atoms with van der Waals surface area (Å²) in [6.07, 6.45) is 1.75. The number of rotatable bonds is 9. The molecule has 0 atom stereocenters. The van der Waals surface area contributed by atoms with Crippen LogP contribution in [0.25, 0.3) is 0 Å². The maximum Gasteiger partial charge on any atom is 0.219 e. The molecule has 162 valence electrons. The van der Waals surface area contributed by atoms with E-state index in [9.17, 15) is 0 Å². The molecule has 0 saturated carbocycles. The van der Waals surface area contributed by atoms with Crippen LogP contribution in [0, 0.1) is 0 Å². The molecule has 0 saturated heterocycles. The lowest BCUT2D eigenvalue weighted by Gasteiger charge is -2.12. The van der Waals surface area contributed by atoms with Gasteiger partial charge in [-0.2, -0.15) is 0 Å². The van der Waals surface area contributed by atoms with Crippen molar-refractivity contribution in [2.24, 2.45) is 0 Å². The minimum atomic E-state index is 0.494. The first-order valence-corrected chi connectivity index (χ1v) is 10.3. The highest BCUT2D eigenvalue weighted by atomic mass is 16.5. The molecular weight excluding hydrogens is 402 g/mol. The molecule has 0 radical (unpaired) electrons. The fourth-order valence-electron chi connectivity index (χ4n) is 3.07. The Morgan fingerprint density at radius 2 is 1.50 bits per heavy atom. The second kappa shape index (κ2) is 10.2. The van der Waals surface area contributed by atoms with Crippen molar-refractivity contribution in [2.45, 2.75) is 6.54 Å². The lowest BCUT2D eigenvalue weighted by molar-refractivity contribution is 0.374. The van der Waals surface area contributed by atoms with Crippen molar-refractivity contribution in [3.8, 4) is 28.9 Å². The first-order chi connectivity index (χ1) is 15.7. The van der Waals surface area contributed by atoms with Crippen LogP contribution < -0.4 is 24.8 Å². The number of nitrogens with one attached hydrogen (secondary N) is 2. The summed E-state index contributed by atoms with van der Waals surface area (Å²) in [5.74, 6) is 3.37. The number of anilines is 2. The van der Waals surface area contributed by atoms with E-state index < -0.39 is 0 Å². The van der Waals surface area contributed by atoms with Gasteiger partial charge in [0.05, 0.1) is 19.0 Å². The monoisotopic (exact) mass is 427 g/mol. The number of hydrogen-bond acceptors (Lipinski definition) is 6. The summed E-state index contributed by atoms with van der Waals surface area (Å²) in [7, 11) is 3.47. The Hall–Kier alpha value is -4.19. The molecule has 0 aliphatic carbocycles. The summed E-state index contributed by atoms with van der Waals surface area (Å²) >= 11 is 0. The van der Waals surface area contributed by atoms with Crippen molar-refractivity contribution in [3.63, 3.8) is 0 Å². The van der Waals surface area contributed by atoms with Crippen molar-refractivity contribution in [1.82, 2.24) is 4.98 Å². The third kappa shape index (κ3) is 5.49. The molecule has 3 aromatic carbocycles. The fourth-order valence-corrected chi connectivity index (χ4v) is 3.07. The van der Waals surface area contributed by atoms with Crippen molar-refractivity contribution < 1.29 is 14.2 Å². The van der Waals surface area contributed by atoms with E-state index in [-0.39, 0.29) is 0 Å². The number of methoxy groups -OCH3 is 1. The van der Waals surface area contributed by atoms with Crippen molar-refractivity contribution in [1.29, 1.82) is 0 Å². The quantitative estimate of drug-likeness (QED) is 0.325. The zero-order valence-electron chi connectivity index (χ0n) is 18.0. The molecule has 0 aliphatic heterocycles. The summed E-state index contributed by atoms with van der Waals surface area (Å²) in [4.78, 5) is 4.39. The molecule has 32 heavy (non-hydrogen) atoms. The third-order valence-electron chi connectivity index (χ3n) is 4.80. The Balaban J connectivity index is 1.32. The summed E-state index contributed by atoms with van der Waals surface area (Å²) in [5, 5.41) is 6.44. The molecule has 6 nitrogen and oxygen atoms in total. The van der Waals surface area contributed by atoms with E-state index in [4.69, 9.17) is 14.2 Å². The van der Waals surface area contributed by atoms with Gasteiger partial charge in [0.15, 0.2) is 11.5 Å². The molecule has 2 N–H and O–H groups in total. The summed E-state index contributed by atoms with van der Waals surface area (Å²) in [5.41, 5.74) is 2.99. The average molecular weight is 428 g/mol. The predicted octanol–water partition coefficient (Wildman–Crippen LogP) is 6.33. The highest BCUT2D eigenvalue weighted by Gasteiger charge is 2.08. The summed E-state index contributed by atoms with van der Waals surface area (Å²) in [6.45, 7) is 0.673. The largest absolute Gasteiger partial charge is 0.493 e. The van der Waals surface area contributed by atoms with Crippen molar-refractivity contribution >= 4 is 11.4 Å². The molecular formula is C26H25N3O3. The van der Waals surface area contributed by atoms with Gasteiger partial charge in [-0.05, 0) is 48.0 Å². The van der Waals surface area contributed by atoms with Gasteiger partial charge < -0.3 is 24.8 Å². The number of ether oxygens (including phenoxy) is 3. The van der Waals surface area contributed by atoms with E-state index in [1.165, 1.54) is 0 Å². The second-order valence-corrected chi connectivity index (χ2v) is 7.02. The lowest BCUT2D eigenvalue weighted by Crippen LogP contribution is -2.00. The van der Waals surface area contributed by atoms with E-state index in [0.29, 0.717) is 23.9 Å². The van der Waals surface area contributed by atoms with Crippen LogP contribution in [0.5, 0.6) is 28.9 Å². The Labute approximate surface area is 187 Å². The zero-order valence-corrected chi connectivity index (χ0v) is 18.0. The van der Waals surface area contributed by atoms with Gasteiger partial charge in [0.1, 0.15) is 11.5 Å². The molecule has 4 rings (SSSR count). The minimum Gasteiger partial charge on any atom is -0.493 e. The predicted molar refractivity (Wildman–Crippen MR) is 127 cm³/mol. The molecule has 0 aliphatic rings. The van der Waals surface area contributed by atoms with Gasteiger partial charge in [0.2, 0.25) is 5.88 Å². The Kier molecular flexibility index (Phi) is 6.72. The minimum absolute atomic E-state index is 0.494. The lowest BCUT2D eigenvalue weighted by atomic mass is 10.2. The van der Waals surface area contributed by atoms with E-state index in [2.05, 4.69) is 15.6 Å². The molecule has 0 spiro atoms. The summed E-state index contributed by atoms with van der Waals surface area (Å²) in [6, 6.07) is 27.2. The highest BCUT2D eigenvalue weighted by molar-refractivity contribution is 5.55. The van der Waals surface area contributed by atoms with Crippen LogP contribution in [-0.2, 0) is 6.54 Å². The number of pyridine rings is 1. The van der Waals surface area contributed by atoms with E-state index >= 15 is 0 Å². The van der Waals surface area contributed by atoms with Gasteiger partial charge in [-0.15, -0.1) is 0 Å². The molecule has 1 aromatic heterocycles. The number of para-hydroxylation sites is 1. The smallest absolute Gasteiger partial charge is 0.219 e. The third-order valence-corrected chi connectivity index (χ3v) is 4.80. The molecule has 0 unspecified atom stereocenters. The molecule has 0 fully saturated rings. The number of hydrogen-bond donors (Lipinski definition) is 2. The Bertz CT molecular complexity index is 1130. The van der Waals surface area contributed by atoms with Crippen LogP contribution in [-0.4, -0.2) is 19.1 Å². The van der Waals surface area contributed by atoms with Crippen LogP contribution >= 0.6 is 0 Å². The van der Waals surface area contributed by atoms with Gasteiger partial charge in [-0.25, -0.2) is 4.98 Å². The normalized spacial score (nSPS) is 10.3. The number of benzene rings is 3. The SMILES string of the molecule is CNc1ccc(Oc2ccc(NCc3ccc(Oc4ccccc4)cc3)cn2)c(OC)c1. The number of aromatic nitrogens is 1. The van der Waals surface area contributed by atoms with Gasteiger partial charge in [-0.1, -0.05) is 30.3 Å². The average Bonchev–Trinajstić information content (AvgIpc) is 2.85. The van der Waals surface area contributed by atoms with Crippen LogP contribution in [0.4, 0.5) is 11.4 Å². The van der Waals surface area contributed by atoms with Gasteiger partial charge in [-0.3, -0.25) is 0 Å². The van der Waals surface area contributed by atoms with E-state index in [1.807, 2.05) is 92.0 Å². The first-order valence-electron chi connectivity index (χ1n) is 10.3. The zero-order chi connectivity index (χ0) is 22.2. The topological polar surface area (TPSA) is 64.6 Å². The Morgan fingerprint density at radius 3 is 2.19 bits per heavy atom. The Morgan fingerprint density at radius 1 is 0.750 bits per heavy atom. The van der Waals surface area contributed by atoms with Gasteiger partial charge in [0.25, 0.3) is 0 Å².